The highest BCUT2D eigenvalue weighted by Crippen LogP contribution is 2.32. The third-order valence-electron chi connectivity index (χ3n) is 13.2. The van der Waals surface area contributed by atoms with Gasteiger partial charge in [-0.25, -0.2) is 9.78 Å². The molecule has 1 atom stereocenters. The van der Waals surface area contributed by atoms with E-state index in [-0.39, 0.29) is 30.3 Å². The normalized spacial score (nSPS) is 19.8. The second-order valence-electron chi connectivity index (χ2n) is 17.4. The Morgan fingerprint density at radius 2 is 1.68 bits per heavy atom. The van der Waals surface area contributed by atoms with E-state index >= 15 is 0 Å². The first-order chi connectivity index (χ1) is 31.5. The van der Waals surface area contributed by atoms with Crippen molar-refractivity contribution in [3.63, 3.8) is 0 Å². The number of para-hydroxylation sites is 1. The number of anilines is 4. The number of primary amides is 1. The zero-order valence-electron chi connectivity index (χ0n) is 36.0. The summed E-state index contributed by atoms with van der Waals surface area (Å²) in [5.74, 6) is 6.15. The lowest BCUT2D eigenvalue weighted by atomic mass is 9.89. The van der Waals surface area contributed by atoms with Crippen molar-refractivity contribution in [2.24, 2.45) is 5.73 Å². The second kappa shape index (κ2) is 19.3. The van der Waals surface area contributed by atoms with Gasteiger partial charge in [-0.15, -0.1) is 0 Å². The quantitative estimate of drug-likeness (QED) is 0.101. The van der Waals surface area contributed by atoms with E-state index in [1.54, 1.807) is 35.2 Å². The summed E-state index contributed by atoms with van der Waals surface area (Å²) in [6.45, 7) is 6.68. The first-order valence-electron chi connectivity index (χ1n) is 22.4. The maximum absolute atomic E-state index is 13.3. The number of imide groups is 1. The van der Waals surface area contributed by atoms with Crippen LogP contribution < -0.4 is 27.0 Å². The zero-order valence-corrected chi connectivity index (χ0v) is 36.8. The summed E-state index contributed by atoms with van der Waals surface area (Å²) in [7, 11) is 0. The van der Waals surface area contributed by atoms with Crippen molar-refractivity contribution in [3.8, 4) is 11.8 Å². The van der Waals surface area contributed by atoms with Crippen molar-refractivity contribution < 1.29 is 24.0 Å². The molecule has 0 spiro atoms. The highest BCUT2D eigenvalue weighted by molar-refractivity contribution is 6.33. The number of nitrogens with two attached hydrogens (primary N) is 1. The molecule has 6 N–H and O–H groups in total. The number of urea groups is 1. The Labute approximate surface area is 382 Å². The Bertz CT molecular complexity index is 2540. The van der Waals surface area contributed by atoms with Crippen molar-refractivity contribution in [2.75, 3.05) is 56.4 Å². The average molecular weight is 898 g/mol. The first kappa shape index (κ1) is 43.7. The summed E-state index contributed by atoms with van der Waals surface area (Å²) < 4.78 is 0. The van der Waals surface area contributed by atoms with E-state index in [0.717, 1.165) is 81.6 Å². The van der Waals surface area contributed by atoms with E-state index in [4.69, 9.17) is 17.3 Å². The number of nitrogens with zero attached hydrogens (tertiary/aromatic N) is 6. The number of rotatable bonds is 11. The van der Waals surface area contributed by atoms with Gasteiger partial charge in [0.05, 0.1) is 17.4 Å². The van der Waals surface area contributed by atoms with Gasteiger partial charge < -0.3 is 31.5 Å². The van der Waals surface area contributed by atoms with Gasteiger partial charge in [0.2, 0.25) is 17.8 Å². The minimum atomic E-state index is -0.623. The number of amides is 6. The van der Waals surface area contributed by atoms with Gasteiger partial charge in [-0.3, -0.25) is 34.3 Å². The van der Waals surface area contributed by atoms with E-state index in [1.165, 1.54) is 11.8 Å². The van der Waals surface area contributed by atoms with Crippen LogP contribution in [0.1, 0.15) is 88.3 Å². The largest absolute Gasteiger partial charge is 0.366 e. The lowest BCUT2D eigenvalue weighted by Gasteiger charge is -2.47. The van der Waals surface area contributed by atoms with Gasteiger partial charge in [-0.05, 0) is 91.6 Å². The van der Waals surface area contributed by atoms with Gasteiger partial charge in [0.1, 0.15) is 11.1 Å². The standard InChI is InChI=1S/C48H52ClN11O5/c49-39-26-51-47(56-44(39)54-40-7-2-1-6-38(40)43(50)62)52-34-11-9-31(10-12-34)32-16-21-59(22-17-32)48(65)53-35-18-23-58(24-19-35)36-28-57(29-36)20-4-3-5-30-8-13-37-33(25-30)27-60(46(37)64)41-14-15-42(61)55-45(41)63/h1-2,6-13,25-26,32,35-36,41H,4,14-24,27-29H2,(H2,50,62)(H,53,65)(H,55,61,63)(H2,51,52,54,56). The molecule has 5 aliphatic heterocycles. The molecule has 4 saturated heterocycles. The van der Waals surface area contributed by atoms with Gasteiger partial charge in [-0.2, -0.15) is 4.98 Å². The fraction of sp³-hybridized carbons (Fsp3) is 0.396. The summed E-state index contributed by atoms with van der Waals surface area (Å²) in [5.41, 5.74) is 10.7. The molecule has 0 radical (unpaired) electrons. The molecule has 16 nitrogen and oxygen atoms in total. The number of halogens is 1. The molecule has 17 heteroatoms. The maximum Gasteiger partial charge on any atom is 0.317 e. The molecule has 4 fully saturated rings. The molecule has 65 heavy (non-hydrogen) atoms. The van der Waals surface area contributed by atoms with Crippen LogP contribution in [-0.4, -0.2) is 123 Å². The number of aromatic nitrogens is 2. The minimum absolute atomic E-state index is 0.0369. The number of hydrogen-bond donors (Lipinski definition) is 5. The maximum atomic E-state index is 13.3. The first-order valence-corrected chi connectivity index (χ1v) is 22.8. The van der Waals surface area contributed by atoms with E-state index in [1.807, 2.05) is 29.2 Å². The molecule has 336 valence electrons. The molecular formula is C48H52ClN11O5. The van der Waals surface area contributed by atoms with Crippen LogP contribution in [0.15, 0.2) is 72.9 Å². The lowest BCUT2D eigenvalue weighted by Crippen LogP contribution is -2.62. The monoisotopic (exact) mass is 897 g/mol. The Morgan fingerprint density at radius 1 is 0.908 bits per heavy atom. The third-order valence-corrected chi connectivity index (χ3v) is 13.5. The molecule has 4 aromatic rings. The summed E-state index contributed by atoms with van der Waals surface area (Å²) in [4.78, 5) is 79.4. The second-order valence-corrected chi connectivity index (χ2v) is 17.8. The summed E-state index contributed by atoms with van der Waals surface area (Å²) >= 11 is 6.37. The predicted molar refractivity (Wildman–Crippen MR) is 246 cm³/mol. The number of piperidine rings is 3. The third kappa shape index (κ3) is 10.1. The number of nitrogens with one attached hydrogen (secondary N) is 4. The van der Waals surface area contributed by atoms with E-state index < -0.39 is 17.9 Å². The molecule has 6 heterocycles. The SMILES string of the molecule is NC(=O)c1ccccc1Nc1nc(Nc2ccc(C3CCN(C(=O)NC4CCN(C5CN(CCC#Cc6ccc7c(c6)CN(C6CCC(=O)NC6=O)C7=O)C5)CC4)CC3)cc2)ncc1Cl. The average Bonchev–Trinajstić information content (AvgIpc) is 3.62. The Kier molecular flexibility index (Phi) is 13.0. The van der Waals surface area contributed by atoms with E-state index in [0.29, 0.717) is 71.6 Å². The molecule has 1 aromatic heterocycles. The number of benzene rings is 3. The van der Waals surface area contributed by atoms with Gasteiger partial charge in [0, 0.05) is 94.1 Å². The minimum Gasteiger partial charge on any atom is -0.366 e. The molecule has 6 amide bonds. The Hall–Kier alpha value is -6.54. The summed E-state index contributed by atoms with van der Waals surface area (Å²) in [6, 6.07) is 20.8. The summed E-state index contributed by atoms with van der Waals surface area (Å²) in [6.07, 6.45) is 6.51. The molecule has 0 saturated carbocycles. The molecule has 0 bridgehead atoms. The molecule has 5 aliphatic rings. The highest BCUT2D eigenvalue weighted by Gasteiger charge is 2.39. The van der Waals surface area contributed by atoms with Gasteiger partial charge in [0.15, 0.2) is 5.82 Å². The zero-order chi connectivity index (χ0) is 45.0. The Morgan fingerprint density at radius 3 is 2.43 bits per heavy atom. The predicted octanol–water partition coefficient (Wildman–Crippen LogP) is 4.96. The topological polar surface area (TPSA) is 198 Å². The van der Waals surface area contributed by atoms with Gasteiger partial charge in [-0.1, -0.05) is 47.7 Å². The molecule has 0 aliphatic carbocycles. The van der Waals surface area contributed by atoms with Crippen molar-refractivity contribution in [2.45, 2.75) is 75.5 Å². The van der Waals surface area contributed by atoms with Crippen LogP contribution in [-0.2, 0) is 16.1 Å². The highest BCUT2D eigenvalue weighted by atomic mass is 35.5. The van der Waals surface area contributed by atoms with Crippen LogP contribution in [0.3, 0.4) is 0 Å². The van der Waals surface area contributed by atoms with Crippen LogP contribution in [0.25, 0.3) is 0 Å². The molecule has 3 aromatic carbocycles. The number of carbonyl (C=O) groups excluding carboxylic acids is 5. The van der Waals surface area contributed by atoms with Crippen molar-refractivity contribution >= 4 is 64.4 Å². The van der Waals surface area contributed by atoms with Gasteiger partial charge in [0.25, 0.3) is 11.8 Å². The fourth-order valence-corrected chi connectivity index (χ4v) is 9.63. The van der Waals surface area contributed by atoms with Crippen molar-refractivity contribution in [1.82, 2.24) is 40.2 Å². The number of carbonyl (C=O) groups is 5. The van der Waals surface area contributed by atoms with Gasteiger partial charge >= 0.3 is 6.03 Å². The van der Waals surface area contributed by atoms with Crippen molar-refractivity contribution in [3.05, 3.63) is 106 Å². The lowest BCUT2D eigenvalue weighted by molar-refractivity contribution is -0.136. The smallest absolute Gasteiger partial charge is 0.317 e. The number of likely N-dealkylation sites (tertiary alicyclic amines) is 3. The Balaban J connectivity index is 0.658. The number of hydrogen-bond acceptors (Lipinski definition) is 11. The van der Waals surface area contributed by atoms with Crippen LogP contribution in [0.4, 0.5) is 27.9 Å². The molecule has 9 rings (SSSR count). The van der Waals surface area contributed by atoms with E-state index in [2.05, 4.69) is 65.0 Å². The fourth-order valence-electron chi connectivity index (χ4n) is 9.49. The molecule has 1 unspecified atom stereocenters. The van der Waals surface area contributed by atoms with Crippen LogP contribution >= 0.6 is 11.6 Å². The number of fused-ring (bicyclic) bond motifs is 1. The van der Waals surface area contributed by atoms with Crippen LogP contribution in [0, 0.1) is 11.8 Å². The van der Waals surface area contributed by atoms with Crippen LogP contribution in [0.2, 0.25) is 5.02 Å². The van der Waals surface area contributed by atoms with E-state index in [9.17, 15) is 24.0 Å². The summed E-state index contributed by atoms with van der Waals surface area (Å²) in [5, 5.41) is 12.3. The molecular weight excluding hydrogens is 846 g/mol. The van der Waals surface area contributed by atoms with Crippen molar-refractivity contribution in [1.29, 1.82) is 0 Å². The van der Waals surface area contributed by atoms with Crippen LogP contribution in [0.5, 0.6) is 0 Å².